The summed E-state index contributed by atoms with van der Waals surface area (Å²) in [4.78, 5) is 11.6. The van der Waals surface area contributed by atoms with Gasteiger partial charge in [0.25, 0.3) is 0 Å². The largest absolute Gasteiger partial charge is 0.464 e. The molecule has 1 aromatic heterocycles. The molecule has 0 amide bonds. The Balaban J connectivity index is 2.25. The molecule has 7 heteroatoms. The van der Waals surface area contributed by atoms with Crippen LogP contribution in [0.25, 0.3) is 0 Å². The molecular formula is C12H9ClN4O2. The van der Waals surface area contributed by atoms with Crippen LogP contribution in [0.3, 0.4) is 0 Å². The van der Waals surface area contributed by atoms with Gasteiger partial charge in [-0.1, -0.05) is 6.07 Å². The van der Waals surface area contributed by atoms with Crippen molar-refractivity contribution in [3.8, 4) is 23.8 Å². The molecule has 0 aliphatic rings. The van der Waals surface area contributed by atoms with Crippen LogP contribution in [0.5, 0.6) is 17.8 Å². The molecule has 0 atom stereocenters. The number of ether oxygens (including phenoxy) is 2. The first kappa shape index (κ1) is 13.1. The predicted molar refractivity (Wildman–Crippen MR) is 67.2 cm³/mol. The predicted octanol–water partition coefficient (Wildman–Crippen LogP) is 2.59. The van der Waals surface area contributed by atoms with Gasteiger partial charge in [0.2, 0.25) is 5.28 Å². The minimum Gasteiger partial charge on any atom is -0.464 e. The summed E-state index contributed by atoms with van der Waals surface area (Å²) in [6.45, 7) is 2.21. The topological polar surface area (TPSA) is 80.9 Å². The van der Waals surface area contributed by atoms with Gasteiger partial charge in [-0.2, -0.15) is 15.2 Å². The minimum atomic E-state index is -0.0233. The maximum absolute atomic E-state index is 8.80. The van der Waals surface area contributed by atoms with E-state index in [4.69, 9.17) is 26.3 Å². The summed E-state index contributed by atoms with van der Waals surface area (Å²) in [6, 6.07) is 8.72. The highest BCUT2D eigenvalue weighted by atomic mass is 35.5. The lowest BCUT2D eigenvalue weighted by Crippen LogP contribution is -2.01. The summed E-state index contributed by atoms with van der Waals surface area (Å²) in [6.07, 6.45) is 0. The Kier molecular flexibility index (Phi) is 4.11. The van der Waals surface area contributed by atoms with Crippen molar-refractivity contribution < 1.29 is 9.47 Å². The van der Waals surface area contributed by atoms with Gasteiger partial charge in [-0.15, -0.1) is 4.98 Å². The van der Waals surface area contributed by atoms with E-state index in [9.17, 15) is 0 Å². The van der Waals surface area contributed by atoms with Crippen LogP contribution in [0.15, 0.2) is 24.3 Å². The van der Waals surface area contributed by atoms with Crippen molar-refractivity contribution >= 4 is 11.6 Å². The van der Waals surface area contributed by atoms with Crippen molar-refractivity contribution in [3.05, 3.63) is 35.1 Å². The van der Waals surface area contributed by atoms with Crippen LogP contribution in [-0.2, 0) is 0 Å². The van der Waals surface area contributed by atoms with Gasteiger partial charge in [-0.3, -0.25) is 0 Å². The Morgan fingerprint density at radius 1 is 1.26 bits per heavy atom. The maximum atomic E-state index is 8.80. The molecule has 0 saturated carbocycles. The monoisotopic (exact) mass is 276 g/mol. The number of nitriles is 1. The van der Waals surface area contributed by atoms with E-state index in [0.717, 1.165) is 0 Å². The second kappa shape index (κ2) is 5.98. The molecule has 0 fully saturated rings. The smallest absolute Gasteiger partial charge is 0.329 e. The zero-order chi connectivity index (χ0) is 13.7. The molecule has 0 unspecified atom stereocenters. The lowest BCUT2D eigenvalue weighted by atomic mass is 10.2. The van der Waals surface area contributed by atoms with Crippen molar-refractivity contribution in [2.75, 3.05) is 6.61 Å². The second-order valence-electron chi connectivity index (χ2n) is 3.34. The molecule has 0 aliphatic carbocycles. The quantitative estimate of drug-likeness (QED) is 0.854. The molecule has 96 valence electrons. The van der Waals surface area contributed by atoms with Crippen molar-refractivity contribution in [2.24, 2.45) is 0 Å². The van der Waals surface area contributed by atoms with Gasteiger partial charge < -0.3 is 9.47 Å². The summed E-state index contributed by atoms with van der Waals surface area (Å²) < 4.78 is 10.5. The number of halogens is 1. The molecular weight excluding hydrogens is 268 g/mol. The van der Waals surface area contributed by atoms with Gasteiger partial charge >= 0.3 is 12.0 Å². The number of rotatable bonds is 4. The van der Waals surface area contributed by atoms with E-state index in [0.29, 0.717) is 17.9 Å². The molecule has 6 nitrogen and oxygen atoms in total. The van der Waals surface area contributed by atoms with Crippen molar-refractivity contribution in [1.82, 2.24) is 15.0 Å². The molecule has 0 bridgehead atoms. The van der Waals surface area contributed by atoms with Crippen LogP contribution in [0.2, 0.25) is 5.28 Å². The second-order valence-corrected chi connectivity index (χ2v) is 3.68. The van der Waals surface area contributed by atoms with Crippen molar-refractivity contribution in [1.29, 1.82) is 5.26 Å². The Hall–Kier alpha value is -2.39. The molecule has 2 rings (SSSR count). The Morgan fingerprint density at radius 3 is 2.79 bits per heavy atom. The normalized spacial score (nSPS) is 9.74. The van der Waals surface area contributed by atoms with Gasteiger partial charge in [-0.05, 0) is 36.7 Å². The molecule has 0 saturated heterocycles. The third-order valence-corrected chi connectivity index (χ3v) is 2.18. The average molecular weight is 277 g/mol. The highest BCUT2D eigenvalue weighted by Crippen LogP contribution is 2.21. The summed E-state index contributed by atoms with van der Waals surface area (Å²) >= 11 is 5.74. The number of nitrogens with zero attached hydrogens (tertiary/aromatic N) is 4. The highest BCUT2D eigenvalue weighted by molar-refractivity contribution is 6.28. The van der Waals surface area contributed by atoms with E-state index in [1.165, 1.54) is 0 Å². The summed E-state index contributed by atoms with van der Waals surface area (Å²) in [5, 5.41) is 8.78. The Bertz CT molecular complexity index is 627. The average Bonchev–Trinajstić information content (AvgIpc) is 2.38. The zero-order valence-corrected chi connectivity index (χ0v) is 10.8. The van der Waals surface area contributed by atoms with Crippen LogP contribution in [-0.4, -0.2) is 21.6 Å². The number of hydrogen-bond acceptors (Lipinski definition) is 6. The van der Waals surface area contributed by atoms with E-state index in [1.54, 1.807) is 31.2 Å². The van der Waals surface area contributed by atoms with E-state index in [2.05, 4.69) is 15.0 Å². The van der Waals surface area contributed by atoms with Crippen LogP contribution in [0, 0.1) is 11.3 Å². The Morgan fingerprint density at radius 2 is 2.05 bits per heavy atom. The van der Waals surface area contributed by atoms with Crippen molar-refractivity contribution in [2.45, 2.75) is 6.92 Å². The number of benzene rings is 1. The molecule has 19 heavy (non-hydrogen) atoms. The van der Waals surface area contributed by atoms with E-state index < -0.39 is 0 Å². The summed E-state index contributed by atoms with van der Waals surface area (Å²) in [5.74, 6) is 0.434. The minimum absolute atomic E-state index is 0.0125. The molecule has 0 aliphatic heterocycles. The van der Waals surface area contributed by atoms with Crippen LogP contribution >= 0.6 is 11.6 Å². The molecule has 1 aromatic carbocycles. The van der Waals surface area contributed by atoms with Crippen LogP contribution in [0.1, 0.15) is 12.5 Å². The Labute approximate surface area is 114 Å². The summed E-state index contributed by atoms with van der Waals surface area (Å²) in [5.41, 5.74) is 0.475. The molecule has 0 N–H and O–H groups in total. The van der Waals surface area contributed by atoms with Gasteiger partial charge in [0.1, 0.15) is 5.75 Å². The number of aromatic nitrogens is 3. The fourth-order valence-corrected chi connectivity index (χ4v) is 1.43. The molecule has 0 spiro atoms. The standard InChI is InChI=1S/C12H9ClN4O2/c1-2-18-11-15-10(13)16-12(17-11)19-9-5-3-4-8(6-9)7-14/h3-6H,2H2,1H3. The third kappa shape index (κ3) is 3.53. The zero-order valence-electron chi connectivity index (χ0n) is 10.00. The first-order valence-electron chi connectivity index (χ1n) is 5.43. The van der Waals surface area contributed by atoms with Gasteiger partial charge in [-0.25, -0.2) is 0 Å². The van der Waals surface area contributed by atoms with Gasteiger partial charge in [0, 0.05) is 0 Å². The highest BCUT2D eigenvalue weighted by Gasteiger charge is 2.08. The SMILES string of the molecule is CCOc1nc(Cl)nc(Oc2cccc(C#N)c2)n1. The first-order valence-corrected chi connectivity index (χ1v) is 5.81. The fraction of sp³-hybridized carbons (Fsp3) is 0.167. The lowest BCUT2D eigenvalue weighted by molar-refractivity contribution is 0.303. The maximum Gasteiger partial charge on any atom is 0.329 e. The first-order chi connectivity index (χ1) is 9.21. The van der Waals surface area contributed by atoms with Crippen LogP contribution in [0.4, 0.5) is 0 Å². The van der Waals surface area contributed by atoms with E-state index in [-0.39, 0.29) is 17.3 Å². The lowest BCUT2D eigenvalue weighted by Gasteiger charge is -2.05. The van der Waals surface area contributed by atoms with Gasteiger partial charge in [0.05, 0.1) is 18.2 Å². The molecule has 1 heterocycles. The van der Waals surface area contributed by atoms with E-state index in [1.807, 2.05) is 6.07 Å². The fourth-order valence-electron chi connectivity index (χ4n) is 1.29. The van der Waals surface area contributed by atoms with Crippen molar-refractivity contribution in [3.63, 3.8) is 0 Å². The third-order valence-electron chi connectivity index (χ3n) is 2.01. The molecule has 0 radical (unpaired) electrons. The molecule has 2 aromatic rings. The van der Waals surface area contributed by atoms with E-state index >= 15 is 0 Å². The van der Waals surface area contributed by atoms with Gasteiger partial charge in [0.15, 0.2) is 0 Å². The van der Waals surface area contributed by atoms with Crippen LogP contribution < -0.4 is 9.47 Å². The number of hydrogen-bond donors (Lipinski definition) is 0. The summed E-state index contributed by atoms with van der Waals surface area (Å²) in [7, 11) is 0.